The van der Waals surface area contributed by atoms with Gasteiger partial charge in [-0.2, -0.15) is 0 Å². The van der Waals surface area contributed by atoms with Crippen molar-refractivity contribution in [2.24, 2.45) is 0 Å². The Labute approximate surface area is 124 Å². The summed E-state index contributed by atoms with van der Waals surface area (Å²) in [5.41, 5.74) is 1.74. The first kappa shape index (κ1) is 13.6. The van der Waals surface area contributed by atoms with Crippen LogP contribution >= 0.6 is 0 Å². The van der Waals surface area contributed by atoms with Crippen LogP contribution in [0.1, 0.15) is 6.42 Å². The zero-order valence-electron chi connectivity index (χ0n) is 11.8. The minimum absolute atomic E-state index is 0.0823. The first-order valence-electron chi connectivity index (χ1n) is 7.26. The maximum Gasteiger partial charge on any atom is 0.326 e. The monoisotopic (exact) mass is 281 g/mol. The standard InChI is InChI=1S/C17H19N3O/c21-17(19-14-11-12-18-13-14)20(15-7-3-1-4-8-15)16-9-5-2-6-10-16/h1-10,14,18H,11-13H2,(H,19,21). The Morgan fingerprint density at radius 3 is 2.05 bits per heavy atom. The van der Waals surface area contributed by atoms with Crippen molar-refractivity contribution in [3.8, 4) is 0 Å². The van der Waals surface area contributed by atoms with Crippen LogP contribution in [0.5, 0.6) is 0 Å². The van der Waals surface area contributed by atoms with Gasteiger partial charge in [0.2, 0.25) is 0 Å². The van der Waals surface area contributed by atoms with Gasteiger partial charge in [-0.15, -0.1) is 0 Å². The van der Waals surface area contributed by atoms with E-state index in [-0.39, 0.29) is 12.1 Å². The number of urea groups is 1. The number of hydrogen-bond donors (Lipinski definition) is 2. The van der Waals surface area contributed by atoms with E-state index < -0.39 is 0 Å². The molecule has 2 aromatic carbocycles. The molecule has 1 saturated heterocycles. The van der Waals surface area contributed by atoms with Gasteiger partial charge in [0.1, 0.15) is 0 Å². The average molecular weight is 281 g/mol. The summed E-state index contributed by atoms with van der Waals surface area (Å²) in [5, 5.41) is 6.36. The second kappa shape index (κ2) is 6.41. The van der Waals surface area contributed by atoms with Crippen LogP contribution in [0.3, 0.4) is 0 Å². The molecule has 0 saturated carbocycles. The number of hydrogen-bond acceptors (Lipinski definition) is 2. The molecule has 1 atom stereocenters. The lowest BCUT2D eigenvalue weighted by Crippen LogP contribution is -2.43. The number of para-hydroxylation sites is 2. The number of benzene rings is 2. The number of carbonyl (C=O) groups is 1. The molecule has 0 spiro atoms. The highest BCUT2D eigenvalue weighted by Gasteiger charge is 2.22. The largest absolute Gasteiger partial charge is 0.333 e. The lowest BCUT2D eigenvalue weighted by molar-refractivity contribution is 0.245. The molecule has 0 aromatic heterocycles. The first-order valence-corrected chi connectivity index (χ1v) is 7.26. The Kier molecular flexibility index (Phi) is 4.17. The van der Waals surface area contributed by atoms with E-state index in [1.165, 1.54) is 0 Å². The Hall–Kier alpha value is -2.33. The molecule has 0 radical (unpaired) electrons. The molecule has 1 aliphatic heterocycles. The lowest BCUT2D eigenvalue weighted by atomic mass is 10.2. The number of carbonyl (C=O) groups excluding carboxylic acids is 1. The zero-order valence-corrected chi connectivity index (χ0v) is 11.8. The molecule has 1 fully saturated rings. The van der Waals surface area contributed by atoms with E-state index in [1.54, 1.807) is 4.90 Å². The van der Waals surface area contributed by atoms with E-state index in [4.69, 9.17) is 0 Å². The summed E-state index contributed by atoms with van der Waals surface area (Å²) in [5.74, 6) is 0. The molecule has 2 aromatic rings. The van der Waals surface area contributed by atoms with Crippen LogP contribution in [-0.2, 0) is 0 Å². The second-order valence-electron chi connectivity index (χ2n) is 5.15. The Morgan fingerprint density at radius 1 is 1.00 bits per heavy atom. The summed E-state index contributed by atoms with van der Waals surface area (Å²) in [6.45, 7) is 1.80. The van der Waals surface area contributed by atoms with E-state index in [0.29, 0.717) is 0 Å². The van der Waals surface area contributed by atoms with Crippen LogP contribution in [0.2, 0.25) is 0 Å². The van der Waals surface area contributed by atoms with E-state index in [0.717, 1.165) is 30.9 Å². The fourth-order valence-corrected chi connectivity index (χ4v) is 2.55. The van der Waals surface area contributed by atoms with Crippen molar-refractivity contribution >= 4 is 17.4 Å². The Bertz CT molecular complexity index is 540. The van der Waals surface area contributed by atoms with Gasteiger partial charge >= 0.3 is 6.03 Å². The number of anilines is 2. The molecule has 2 N–H and O–H groups in total. The summed E-state index contributed by atoms with van der Waals surface area (Å²) in [6.07, 6.45) is 0.975. The van der Waals surface area contributed by atoms with Crippen molar-refractivity contribution < 1.29 is 4.79 Å². The van der Waals surface area contributed by atoms with Gasteiger partial charge in [-0.3, -0.25) is 4.90 Å². The predicted molar refractivity (Wildman–Crippen MR) is 84.8 cm³/mol. The predicted octanol–water partition coefficient (Wildman–Crippen LogP) is 2.90. The number of amides is 2. The van der Waals surface area contributed by atoms with Gasteiger partial charge in [-0.05, 0) is 37.2 Å². The minimum Gasteiger partial charge on any atom is -0.333 e. The molecule has 1 heterocycles. The number of rotatable bonds is 3. The van der Waals surface area contributed by atoms with Crippen molar-refractivity contribution in [2.45, 2.75) is 12.5 Å². The zero-order chi connectivity index (χ0) is 14.5. The Balaban J connectivity index is 1.87. The summed E-state index contributed by atoms with van der Waals surface area (Å²) in [7, 11) is 0. The van der Waals surface area contributed by atoms with Crippen LogP contribution in [0.4, 0.5) is 16.2 Å². The molecule has 3 rings (SSSR count). The fourth-order valence-electron chi connectivity index (χ4n) is 2.55. The highest BCUT2D eigenvalue weighted by molar-refractivity contribution is 5.99. The third-order valence-electron chi connectivity index (χ3n) is 3.62. The fraction of sp³-hybridized carbons (Fsp3) is 0.235. The molecule has 1 unspecified atom stereocenters. The minimum atomic E-state index is -0.0823. The van der Waals surface area contributed by atoms with Crippen molar-refractivity contribution in [2.75, 3.05) is 18.0 Å². The van der Waals surface area contributed by atoms with Crippen LogP contribution in [-0.4, -0.2) is 25.2 Å². The van der Waals surface area contributed by atoms with E-state index >= 15 is 0 Å². The first-order chi connectivity index (χ1) is 10.3. The van der Waals surface area contributed by atoms with Gasteiger partial charge in [0.05, 0.1) is 11.4 Å². The van der Waals surface area contributed by atoms with Gasteiger partial charge in [0, 0.05) is 12.6 Å². The molecular weight excluding hydrogens is 262 g/mol. The van der Waals surface area contributed by atoms with Gasteiger partial charge in [-0.1, -0.05) is 36.4 Å². The number of nitrogens with zero attached hydrogens (tertiary/aromatic N) is 1. The van der Waals surface area contributed by atoms with Gasteiger partial charge in [0.15, 0.2) is 0 Å². The maximum absolute atomic E-state index is 12.7. The third kappa shape index (κ3) is 3.23. The van der Waals surface area contributed by atoms with Crippen molar-refractivity contribution in [1.82, 2.24) is 10.6 Å². The van der Waals surface area contributed by atoms with Gasteiger partial charge < -0.3 is 10.6 Å². The molecule has 4 heteroatoms. The third-order valence-corrected chi connectivity index (χ3v) is 3.62. The molecule has 0 aliphatic carbocycles. The molecule has 0 bridgehead atoms. The van der Waals surface area contributed by atoms with Crippen molar-refractivity contribution in [3.05, 3.63) is 60.7 Å². The summed E-state index contributed by atoms with van der Waals surface area (Å²) in [4.78, 5) is 14.4. The average Bonchev–Trinajstić information content (AvgIpc) is 3.02. The van der Waals surface area contributed by atoms with Crippen LogP contribution in [0.15, 0.2) is 60.7 Å². The molecular formula is C17H19N3O. The maximum atomic E-state index is 12.7. The summed E-state index contributed by atoms with van der Waals surface area (Å²) >= 11 is 0. The van der Waals surface area contributed by atoms with E-state index in [9.17, 15) is 4.79 Å². The smallest absolute Gasteiger partial charge is 0.326 e. The molecule has 1 aliphatic rings. The van der Waals surface area contributed by atoms with Crippen LogP contribution < -0.4 is 15.5 Å². The number of nitrogens with one attached hydrogen (secondary N) is 2. The van der Waals surface area contributed by atoms with Crippen LogP contribution in [0.25, 0.3) is 0 Å². The molecule has 2 amide bonds. The molecule has 108 valence electrons. The quantitative estimate of drug-likeness (QED) is 0.908. The summed E-state index contributed by atoms with van der Waals surface area (Å²) in [6, 6.07) is 19.6. The van der Waals surface area contributed by atoms with Crippen LogP contribution in [0, 0.1) is 0 Å². The normalized spacial score (nSPS) is 17.4. The summed E-state index contributed by atoms with van der Waals surface area (Å²) < 4.78 is 0. The Morgan fingerprint density at radius 2 is 1.57 bits per heavy atom. The second-order valence-corrected chi connectivity index (χ2v) is 5.15. The molecule has 21 heavy (non-hydrogen) atoms. The highest BCUT2D eigenvalue weighted by atomic mass is 16.2. The molecule has 4 nitrogen and oxygen atoms in total. The SMILES string of the molecule is O=C(NC1CCNC1)N(c1ccccc1)c1ccccc1. The van der Waals surface area contributed by atoms with Crippen molar-refractivity contribution in [1.29, 1.82) is 0 Å². The van der Waals surface area contributed by atoms with Gasteiger partial charge in [-0.25, -0.2) is 4.79 Å². The lowest BCUT2D eigenvalue weighted by Gasteiger charge is -2.25. The van der Waals surface area contributed by atoms with E-state index in [1.807, 2.05) is 60.7 Å². The van der Waals surface area contributed by atoms with Gasteiger partial charge in [0.25, 0.3) is 0 Å². The van der Waals surface area contributed by atoms with E-state index in [2.05, 4.69) is 10.6 Å². The topological polar surface area (TPSA) is 44.4 Å². The highest BCUT2D eigenvalue weighted by Crippen LogP contribution is 2.25. The van der Waals surface area contributed by atoms with Crippen molar-refractivity contribution in [3.63, 3.8) is 0 Å².